The number of carbonyl (C=O) groups is 1. The van der Waals surface area contributed by atoms with Gasteiger partial charge in [0.05, 0.1) is 4.92 Å². The van der Waals surface area contributed by atoms with Crippen LogP contribution in [0.25, 0.3) is 0 Å². The largest absolute Gasteiger partial charge is 0.439 e. The van der Waals surface area contributed by atoms with Gasteiger partial charge >= 0.3 is 0 Å². The molecule has 1 aromatic carbocycles. The van der Waals surface area contributed by atoms with Crippen molar-refractivity contribution in [3.63, 3.8) is 0 Å². The minimum absolute atomic E-state index is 0.0391. The lowest BCUT2D eigenvalue weighted by Crippen LogP contribution is -2.28. The predicted octanol–water partition coefficient (Wildman–Crippen LogP) is 2.67. The summed E-state index contributed by atoms with van der Waals surface area (Å²) in [7, 11) is 1.69. The number of hydrogen-bond acceptors (Lipinski definition) is 5. The fourth-order valence-corrected chi connectivity index (χ4v) is 2.75. The van der Waals surface area contributed by atoms with E-state index in [9.17, 15) is 14.9 Å². The fraction of sp³-hybridized carbons (Fsp3) is 0.375. The molecule has 1 aliphatic heterocycles. The van der Waals surface area contributed by atoms with Crippen LogP contribution in [0.2, 0.25) is 0 Å². The number of amides is 1. The summed E-state index contributed by atoms with van der Waals surface area (Å²) in [5.41, 5.74) is 0.887. The lowest BCUT2D eigenvalue weighted by Gasteiger charge is -2.12. The van der Waals surface area contributed by atoms with E-state index in [1.807, 2.05) is 0 Å². The molecule has 1 saturated heterocycles. The molecule has 1 aliphatic rings. The van der Waals surface area contributed by atoms with Crippen LogP contribution in [0.3, 0.4) is 0 Å². The second-order valence-corrected chi connectivity index (χ2v) is 5.80. The molecule has 0 atom stereocenters. The first-order valence-electron chi connectivity index (χ1n) is 7.72. The van der Waals surface area contributed by atoms with Crippen LogP contribution in [-0.2, 0) is 7.05 Å². The molecule has 8 nitrogen and oxygen atoms in total. The molecule has 3 rings (SSSR count). The molecule has 0 bridgehead atoms. The molecule has 0 spiro atoms. The summed E-state index contributed by atoms with van der Waals surface area (Å²) in [6, 6.07) is 6.11. The summed E-state index contributed by atoms with van der Waals surface area (Å²) in [4.78, 5) is 24.6. The van der Waals surface area contributed by atoms with E-state index in [1.165, 1.54) is 16.8 Å². The third kappa shape index (κ3) is 3.08. The van der Waals surface area contributed by atoms with Gasteiger partial charge in [0.2, 0.25) is 5.88 Å². The monoisotopic (exact) mass is 330 g/mol. The number of rotatable bonds is 4. The summed E-state index contributed by atoms with van der Waals surface area (Å²) in [5, 5.41) is 15.1. The molecule has 0 unspecified atom stereocenters. The van der Waals surface area contributed by atoms with Crippen molar-refractivity contribution in [2.45, 2.75) is 19.8 Å². The Bertz CT molecular complexity index is 793. The van der Waals surface area contributed by atoms with E-state index in [0.717, 1.165) is 25.9 Å². The van der Waals surface area contributed by atoms with Crippen LogP contribution in [0.4, 0.5) is 5.69 Å². The van der Waals surface area contributed by atoms with E-state index < -0.39 is 4.92 Å². The highest BCUT2D eigenvalue weighted by Gasteiger charge is 2.23. The third-order valence-electron chi connectivity index (χ3n) is 4.04. The van der Waals surface area contributed by atoms with Crippen LogP contribution in [0.15, 0.2) is 24.3 Å². The van der Waals surface area contributed by atoms with Gasteiger partial charge in [0.15, 0.2) is 5.69 Å². The average Bonchev–Trinajstić information content (AvgIpc) is 3.17. The number of nitro benzene ring substituents is 1. The lowest BCUT2D eigenvalue weighted by atomic mass is 10.2. The quantitative estimate of drug-likeness (QED) is 0.635. The van der Waals surface area contributed by atoms with E-state index in [0.29, 0.717) is 22.9 Å². The molecule has 24 heavy (non-hydrogen) atoms. The molecule has 2 heterocycles. The molecule has 0 saturated carbocycles. The molecule has 1 amide bonds. The number of benzene rings is 1. The highest BCUT2D eigenvalue weighted by atomic mass is 16.6. The topological polar surface area (TPSA) is 90.5 Å². The van der Waals surface area contributed by atoms with Crippen molar-refractivity contribution >= 4 is 11.6 Å². The van der Waals surface area contributed by atoms with Crippen LogP contribution < -0.4 is 4.74 Å². The first-order valence-corrected chi connectivity index (χ1v) is 7.72. The van der Waals surface area contributed by atoms with Crippen LogP contribution in [0, 0.1) is 17.0 Å². The first kappa shape index (κ1) is 16.0. The van der Waals surface area contributed by atoms with E-state index in [2.05, 4.69) is 5.10 Å². The van der Waals surface area contributed by atoms with Crippen LogP contribution in [-0.4, -0.2) is 38.6 Å². The van der Waals surface area contributed by atoms with Gasteiger partial charge in [-0.2, -0.15) is 5.10 Å². The Morgan fingerprint density at radius 1 is 1.29 bits per heavy atom. The SMILES string of the molecule is Cc1cc(Oc2cc(C(=O)N3CCCC3)nn2C)ccc1[N+](=O)[O-]. The first-order chi connectivity index (χ1) is 11.5. The van der Waals surface area contributed by atoms with Gasteiger partial charge in [-0.05, 0) is 31.9 Å². The molecule has 0 N–H and O–H groups in total. The second-order valence-electron chi connectivity index (χ2n) is 5.80. The van der Waals surface area contributed by atoms with E-state index in [1.54, 1.807) is 31.0 Å². The standard InChI is InChI=1S/C16H18N4O4/c1-11-9-12(5-6-14(11)20(22)23)24-15-10-13(17-18(15)2)16(21)19-7-3-4-8-19/h5-6,9-10H,3-4,7-8H2,1-2H3. The summed E-state index contributed by atoms with van der Waals surface area (Å²) < 4.78 is 7.21. The molecular formula is C16H18N4O4. The van der Waals surface area contributed by atoms with Gasteiger partial charge in [-0.3, -0.25) is 14.9 Å². The third-order valence-corrected chi connectivity index (χ3v) is 4.04. The van der Waals surface area contributed by atoms with E-state index in [4.69, 9.17) is 4.74 Å². The highest BCUT2D eigenvalue weighted by Crippen LogP contribution is 2.27. The maximum atomic E-state index is 12.4. The Balaban J connectivity index is 1.79. The highest BCUT2D eigenvalue weighted by molar-refractivity contribution is 5.92. The van der Waals surface area contributed by atoms with Crippen molar-refractivity contribution in [1.82, 2.24) is 14.7 Å². The average molecular weight is 330 g/mol. The summed E-state index contributed by atoms with van der Waals surface area (Å²) >= 11 is 0. The number of aromatic nitrogens is 2. The van der Waals surface area contributed by atoms with Gasteiger partial charge in [0.25, 0.3) is 11.6 Å². The van der Waals surface area contributed by atoms with E-state index >= 15 is 0 Å². The molecule has 0 aliphatic carbocycles. The second kappa shape index (κ2) is 6.31. The van der Waals surface area contributed by atoms with Crippen molar-refractivity contribution in [1.29, 1.82) is 0 Å². The lowest BCUT2D eigenvalue weighted by molar-refractivity contribution is -0.385. The smallest absolute Gasteiger partial charge is 0.274 e. The zero-order chi connectivity index (χ0) is 17.3. The summed E-state index contributed by atoms with van der Waals surface area (Å²) in [5.74, 6) is 0.768. The van der Waals surface area contributed by atoms with Gasteiger partial charge in [-0.15, -0.1) is 0 Å². The number of nitrogens with zero attached hydrogens (tertiary/aromatic N) is 4. The Morgan fingerprint density at radius 3 is 2.62 bits per heavy atom. The Hall–Kier alpha value is -2.90. The fourth-order valence-electron chi connectivity index (χ4n) is 2.75. The van der Waals surface area contributed by atoms with Crippen molar-refractivity contribution in [3.05, 3.63) is 45.6 Å². The van der Waals surface area contributed by atoms with Gasteiger partial charge in [-0.1, -0.05) is 0 Å². The number of likely N-dealkylation sites (tertiary alicyclic amines) is 1. The zero-order valence-corrected chi connectivity index (χ0v) is 13.6. The number of nitro groups is 1. The molecule has 2 aromatic rings. The van der Waals surface area contributed by atoms with Crippen molar-refractivity contribution in [3.8, 4) is 11.6 Å². The number of aryl methyl sites for hydroxylation is 2. The molecule has 0 radical (unpaired) electrons. The molecule has 8 heteroatoms. The van der Waals surface area contributed by atoms with Crippen molar-refractivity contribution in [2.75, 3.05) is 13.1 Å². The van der Waals surface area contributed by atoms with Crippen LogP contribution in [0.1, 0.15) is 28.9 Å². The molecule has 1 fully saturated rings. The predicted molar refractivity (Wildman–Crippen MR) is 86.3 cm³/mol. The minimum atomic E-state index is -0.435. The maximum absolute atomic E-state index is 12.4. The maximum Gasteiger partial charge on any atom is 0.274 e. The summed E-state index contributed by atoms with van der Waals surface area (Å²) in [6.45, 7) is 3.16. The molecule has 1 aromatic heterocycles. The molecular weight excluding hydrogens is 312 g/mol. The van der Waals surface area contributed by atoms with Gasteiger partial charge in [0, 0.05) is 37.8 Å². The van der Waals surface area contributed by atoms with Gasteiger partial charge < -0.3 is 9.64 Å². The van der Waals surface area contributed by atoms with Gasteiger partial charge in [0.1, 0.15) is 5.75 Å². The Morgan fingerprint density at radius 2 is 2.00 bits per heavy atom. The van der Waals surface area contributed by atoms with E-state index in [-0.39, 0.29) is 11.6 Å². The minimum Gasteiger partial charge on any atom is -0.439 e. The number of hydrogen-bond donors (Lipinski definition) is 0. The van der Waals surface area contributed by atoms with Crippen molar-refractivity contribution in [2.24, 2.45) is 7.05 Å². The van der Waals surface area contributed by atoms with Gasteiger partial charge in [-0.25, -0.2) is 4.68 Å². The van der Waals surface area contributed by atoms with Crippen LogP contribution in [0.5, 0.6) is 11.6 Å². The number of carbonyl (C=O) groups excluding carboxylic acids is 1. The molecule has 126 valence electrons. The van der Waals surface area contributed by atoms with Crippen LogP contribution >= 0.6 is 0 Å². The Labute approximate surface area is 138 Å². The zero-order valence-electron chi connectivity index (χ0n) is 13.6. The van der Waals surface area contributed by atoms with Crippen molar-refractivity contribution < 1.29 is 14.5 Å². The normalized spacial score (nSPS) is 14.0. The Kier molecular flexibility index (Phi) is 4.20. The number of ether oxygens (including phenoxy) is 1. The summed E-state index contributed by atoms with van der Waals surface area (Å²) in [6.07, 6.45) is 2.04.